The molecule has 22 heavy (non-hydrogen) atoms. The fourth-order valence-electron chi connectivity index (χ4n) is 2.43. The van der Waals surface area contributed by atoms with Crippen LogP contribution in [0.2, 0.25) is 0 Å². The fourth-order valence-corrected chi connectivity index (χ4v) is 2.43. The predicted octanol–water partition coefficient (Wildman–Crippen LogP) is 3.09. The van der Waals surface area contributed by atoms with Crippen LogP contribution in [-0.4, -0.2) is 16.4 Å². The van der Waals surface area contributed by atoms with Gasteiger partial charge in [-0.2, -0.15) is 0 Å². The molecule has 4 heteroatoms. The third-order valence-electron chi connectivity index (χ3n) is 3.50. The Balaban J connectivity index is 2.24. The van der Waals surface area contributed by atoms with E-state index >= 15 is 0 Å². The van der Waals surface area contributed by atoms with Gasteiger partial charge in [0.1, 0.15) is 0 Å². The third-order valence-corrected chi connectivity index (χ3v) is 3.50. The van der Waals surface area contributed by atoms with Crippen molar-refractivity contribution in [1.82, 2.24) is 4.98 Å². The molecule has 0 spiro atoms. The summed E-state index contributed by atoms with van der Waals surface area (Å²) in [6, 6.07) is 16.1. The Hall–Kier alpha value is -3.14. The normalized spacial score (nSPS) is 11.5. The smallest absolute Gasteiger partial charge is 0.196 e. The van der Waals surface area contributed by atoms with Gasteiger partial charge in [-0.1, -0.05) is 42.5 Å². The van der Waals surface area contributed by atoms with Crippen LogP contribution in [0.1, 0.15) is 11.1 Å². The highest BCUT2D eigenvalue weighted by molar-refractivity contribution is 6.15. The zero-order chi connectivity index (χ0) is 15.5. The van der Waals surface area contributed by atoms with Gasteiger partial charge in [0.25, 0.3) is 0 Å². The number of nitrogens with one attached hydrogen (secondary N) is 2. The highest BCUT2D eigenvalue weighted by atomic mass is 16.3. The number of hydrogen-bond donors (Lipinski definition) is 3. The maximum atomic E-state index is 11.5. The summed E-state index contributed by atoms with van der Waals surface area (Å²) in [5.74, 6) is 0.00684. The van der Waals surface area contributed by atoms with Crippen LogP contribution in [0.4, 0.5) is 0 Å². The average molecular weight is 290 g/mol. The lowest BCUT2D eigenvalue weighted by molar-refractivity contribution is -0.103. The second-order valence-corrected chi connectivity index (χ2v) is 4.89. The first-order valence-electron chi connectivity index (χ1n) is 6.81. The molecule has 0 radical (unpaired) electrons. The van der Waals surface area contributed by atoms with Gasteiger partial charge in [-0.3, -0.25) is 4.79 Å². The summed E-state index contributed by atoms with van der Waals surface area (Å²) in [6.45, 7) is 0. The molecule has 1 aromatic heterocycles. The van der Waals surface area contributed by atoms with E-state index in [-0.39, 0.29) is 11.2 Å². The number of allylic oxidation sites excluding steroid dienone is 1. The molecule has 3 N–H and O–H groups in total. The number of aromatic amines is 1. The SMILES string of the molecule is N=c1cccccc1C(C=O)=Cc1c(O)[nH]c2ccccc12. The van der Waals surface area contributed by atoms with Crippen molar-refractivity contribution in [2.75, 3.05) is 0 Å². The Bertz CT molecular complexity index is 939. The molecule has 0 unspecified atom stereocenters. The first-order chi connectivity index (χ1) is 10.7. The van der Waals surface area contributed by atoms with E-state index < -0.39 is 0 Å². The summed E-state index contributed by atoms with van der Waals surface area (Å²) in [7, 11) is 0. The minimum atomic E-state index is 0.00684. The van der Waals surface area contributed by atoms with Crippen LogP contribution in [-0.2, 0) is 4.79 Å². The number of aldehydes is 1. The van der Waals surface area contributed by atoms with E-state index in [1.165, 1.54) is 0 Å². The Morgan fingerprint density at radius 3 is 2.59 bits per heavy atom. The van der Waals surface area contributed by atoms with E-state index in [0.29, 0.717) is 23.0 Å². The van der Waals surface area contributed by atoms with Gasteiger partial charge < -0.3 is 15.5 Å². The Kier molecular flexibility index (Phi) is 3.58. The summed E-state index contributed by atoms with van der Waals surface area (Å²) in [6.07, 6.45) is 2.31. The molecule has 0 aliphatic carbocycles. The van der Waals surface area contributed by atoms with Crippen LogP contribution < -0.4 is 5.36 Å². The zero-order valence-corrected chi connectivity index (χ0v) is 11.7. The van der Waals surface area contributed by atoms with Crippen molar-refractivity contribution < 1.29 is 9.90 Å². The summed E-state index contributed by atoms with van der Waals surface area (Å²) >= 11 is 0. The lowest BCUT2D eigenvalue weighted by atomic mass is 10.0. The van der Waals surface area contributed by atoms with E-state index in [9.17, 15) is 9.90 Å². The largest absolute Gasteiger partial charge is 0.494 e. The van der Waals surface area contributed by atoms with Gasteiger partial charge in [-0.05, 0) is 18.2 Å². The standard InChI is InChI=1S/C18H14N2O2/c19-16-8-3-1-2-6-13(16)12(11-21)10-15-14-7-4-5-9-17(14)20-18(15)22/h1-11,19-20,22H. The fraction of sp³-hybridized carbons (Fsp3) is 0. The van der Waals surface area contributed by atoms with Crippen molar-refractivity contribution in [3.63, 3.8) is 0 Å². The number of aromatic nitrogens is 1. The number of fused-ring (bicyclic) bond motifs is 1. The van der Waals surface area contributed by atoms with Crippen molar-refractivity contribution in [2.45, 2.75) is 0 Å². The summed E-state index contributed by atoms with van der Waals surface area (Å²) in [5.41, 5.74) is 2.20. The minimum Gasteiger partial charge on any atom is -0.494 e. The molecule has 2 aromatic carbocycles. The second kappa shape index (κ2) is 5.69. The van der Waals surface area contributed by atoms with Gasteiger partial charge >= 0.3 is 0 Å². The highest BCUT2D eigenvalue weighted by Crippen LogP contribution is 2.30. The van der Waals surface area contributed by atoms with Crippen LogP contribution in [0.5, 0.6) is 5.88 Å². The number of benzene rings is 1. The molecule has 0 saturated carbocycles. The molecule has 0 bridgehead atoms. The molecule has 3 aromatic rings. The molecule has 108 valence electrons. The van der Waals surface area contributed by atoms with Crippen LogP contribution in [0.3, 0.4) is 0 Å². The highest BCUT2D eigenvalue weighted by Gasteiger charge is 2.10. The van der Waals surface area contributed by atoms with Gasteiger partial charge in [-0.15, -0.1) is 0 Å². The maximum absolute atomic E-state index is 11.5. The molecule has 4 nitrogen and oxygen atoms in total. The van der Waals surface area contributed by atoms with Crippen LogP contribution in [0.25, 0.3) is 22.6 Å². The van der Waals surface area contributed by atoms with E-state index in [1.54, 1.807) is 36.4 Å². The lowest BCUT2D eigenvalue weighted by Crippen LogP contribution is -2.04. The molecular weight excluding hydrogens is 276 g/mol. The van der Waals surface area contributed by atoms with E-state index in [4.69, 9.17) is 5.41 Å². The number of rotatable bonds is 3. The quantitative estimate of drug-likeness (QED) is 0.512. The first-order valence-corrected chi connectivity index (χ1v) is 6.81. The van der Waals surface area contributed by atoms with Gasteiger partial charge in [0.2, 0.25) is 0 Å². The van der Waals surface area contributed by atoms with Crippen LogP contribution in [0, 0.1) is 5.41 Å². The van der Waals surface area contributed by atoms with Crippen LogP contribution in [0.15, 0.2) is 54.6 Å². The Morgan fingerprint density at radius 2 is 1.77 bits per heavy atom. The molecule has 0 fully saturated rings. The van der Waals surface area contributed by atoms with Crippen molar-refractivity contribution in [1.29, 1.82) is 5.41 Å². The summed E-state index contributed by atoms with van der Waals surface area (Å²) in [4.78, 5) is 14.4. The van der Waals surface area contributed by atoms with Gasteiger partial charge in [-0.25, -0.2) is 0 Å². The molecule has 0 amide bonds. The number of H-pyrrole nitrogens is 1. The van der Waals surface area contributed by atoms with E-state index in [2.05, 4.69) is 4.98 Å². The van der Waals surface area contributed by atoms with Crippen molar-refractivity contribution >= 4 is 28.8 Å². The number of para-hydroxylation sites is 1. The Morgan fingerprint density at radius 1 is 1.05 bits per heavy atom. The lowest BCUT2D eigenvalue weighted by Gasteiger charge is -1.99. The van der Waals surface area contributed by atoms with Crippen molar-refractivity contribution in [2.24, 2.45) is 0 Å². The zero-order valence-electron chi connectivity index (χ0n) is 11.7. The molecule has 1 heterocycles. The summed E-state index contributed by atoms with van der Waals surface area (Å²) < 4.78 is 0. The van der Waals surface area contributed by atoms with Gasteiger partial charge in [0, 0.05) is 27.6 Å². The number of hydrogen-bond acceptors (Lipinski definition) is 3. The number of carbonyl (C=O) groups is 1. The molecule has 0 aliphatic heterocycles. The molecule has 0 atom stereocenters. The first kappa shape index (κ1) is 13.8. The third kappa shape index (κ3) is 2.42. The number of carbonyl (C=O) groups excluding carboxylic acids is 1. The van der Waals surface area contributed by atoms with Crippen LogP contribution >= 0.6 is 0 Å². The van der Waals surface area contributed by atoms with Gasteiger partial charge in [0.05, 0.1) is 5.36 Å². The van der Waals surface area contributed by atoms with E-state index in [1.807, 2.05) is 24.3 Å². The van der Waals surface area contributed by atoms with Crippen molar-refractivity contribution in [3.05, 3.63) is 71.1 Å². The number of aromatic hydroxyl groups is 1. The molecular formula is C18H14N2O2. The minimum absolute atomic E-state index is 0.00684. The molecule has 0 saturated heterocycles. The van der Waals surface area contributed by atoms with E-state index in [0.717, 1.165) is 10.9 Å². The topological polar surface area (TPSA) is 76.9 Å². The second-order valence-electron chi connectivity index (χ2n) is 4.89. The Labute approximate surface area is 126 Å². The van der Waals surface area contributed by atoms with Gasteiger partial charge in [0.15, 0.2) is 12.2 Å². The average Bonchev–Trinajstić information content (AvgIpc) is 2.68. The maximum Gasteiger partial charge on any atom is 0.196 e. The molecule has 0 aliphatic rings. The predicted molar refractivity (Wildman–Crippen MR) is 86.2 cm³/mol. The van der Waals surface area contributed by atoms with Crippen molar-refractivity contribution in [3.8, 4) is 5.88 Å². The summed E-state index contributed by atoms with van der Waals surface area (Å²) in [5, 5.41) is 19.2. The monoisotopic (exact) mass is 290 g/mol. The molecule has 3 rings (SSSR count).